The molecule has 1 aromatic rings. The number of fused-ring (bicyclic) bond motifs is 1. The highest BCUT2D eigenvalue weighted by atomic mass is 35.5. The van der Waals surface area contributed by atoms with Crippen molar-refractivity contribution < 1.29 is 13.2 Å². The molecule has 0 radical (unpaired) electrons. The monoisotopic (exact) mass is 265 g/mol. The Morgan fingerprint density at radius 3 is 2.41 bits per heavy atom. The van der Waals surface area contributed by atoms with Crippen molar-refractivity contribution in [2.45, 2.75) is 31.5 Å². The molecule has 1 N–H and O–H groups in total. The van der Waals surface area contributed by atoms with Gasteiger partial charge >= 0.3 is 6.18 Å². The highest BCUT2D eigenvalue weighted by Crippen LogP contribution is 2.42. The highest BCUT2D eigenvalue weighted by molar-refractivity contribution is 5.85. The van der Waals surface area contributed by atoms with Gasteiger partial charge in [0.2, 0.25) is 0 Å². The lowest BCUT2D eigenvalue weighted by molar-refractivity contribution is -0.137. The lowest BCUT2D eigenvalue weighted by Crippen LogP contribution is -2.13. The summed E-state index contributed by atoms with van der Waals surface area (Å²) in [6.45, 7) is 1.97. The van der Waals surface area contributed by atoms with E-state index >= 15 is 0 Å². The van der Waals surface area contributed by atoms with Crippen molar-refractivity contribution in [1.29, 1.82) is 0 Å². The van der Waals surface area contributed by atoms with Gasteiger partial charge in [-0.2, -0.15) is 13.2 Å². The van der Waals surface area contributed by atoms with Gasteiger partial charge in [0.1, 0.15) is 0 Å². The van der Waals surface area contributed by atoms with Gasteiger partial charge in [0.15, 0.2) is 0 Å². The van der Waals surface area contributed by atoms with Crippen LogP contribution in [-0.2, 0) is 6.18 Å². The standard InChI is InChI=1S/C12H14F3N.ClH/c1-7-5-11(16-2)9-4-3-8(6-10(7)9)12(13,14)15;/h3-4,6-7,11,16H,5H2,1-2H3;1H. The third kappa shape index (κ3) is 2.58. The second kappa shape index (κ2) is 4.86. The third-order valence-electron chi connectivity index (χ3n) is 3.26. The van der Waals surface area contributed by atoms with Gasteiger partial charge in [0, 0.05) is 6.04 Å². The minimum Gasteiger partial charge on any atom is -0.313 e. The molecule has 1 nitrogen and oxygen atoms in total. The molecule has 96 valence electrons. The van der Waals surface area contributed by atoms with Crippen molar-refractivity contribution >= 4 is 12.4 Å². The Balaban J connectivity index is 0.00000144. The van der Waals surface area contributed by atoms with E-state index in [9.17, 15) is 13.2 Å². The van der Waals surface area contributed by atoms with Crippen molar-refractivity contribution in [2.75, 3.05) is 7.05 Å². The lowest BCUT2D eigenvalue weighted by Gasteiger charge is -2.12. The quantitative estimate of drug-likeness (QED) is 0.812. The Morgan fingerprint density at radius 1 is 1.24 bits per heavy atom. The first kappa shape index (κ1) is 14.3. The van der Waals surface area contributed by atoms with E-state index in [0.717, 1.165) is 17.5 Å². The molecule has 0 aromatic heterocycles. The van der Waals surface area contributed by atoms with Crippen LogP contribution in [0.2, 0.25) is 0 Å². The van der Waals surface area contributed by atoms with Gasteiger partial charge in [0.05, 0.1) is 5.56 Å². The fourth-order valence-electron chi connectivity index (χ4n) is 2.38. The predicted octanol–water partition coefficient (Wildman–Crippen LogP) is 3.89. The number of halogens is 4. The maximum absolute atomic E-state index is 12.5. The summed E-state index contributed by atoms with van der Waals surface area (Å²) in [4.78, 5) is 0. The normalized spacial score (nSPS) is 23.1. The van der Waals surface area contributed by atoms with E-state index in [1.54, 1.807) is 6.07 Å². The first-order valence-electron chi connectivity index (χ1n) is 5.31. The second-order valence-corrected chi connectivity index (χ2v) is 4.32. The van der Waals surface area contributed by atoms with Gasteiger partial charge in [-0.25, -0.2) is 0 Å². The number of nitrogens with one attached hydrogen (secondary N) is 1. The van der Waals surface area contributed by atoms with Crippen LogP contribution in [0.1, 0.15) is 42.0 Å². The van der Waals surface area contributed by atoms with Crippen LogP contribution in [0, 0.1) is 0 Å². The van der Waals surface area contributed by atoms with Gasteiger partial charge in [-0.1, -0.05) is 13.0 Å². The van der Waals surface area contributed by atoms with Crippen molar-refractivity contribution in [1.82, 2.24) is 5.32 Å². The van der Waals surface area contributed by atoms with Crippen LogP contribution < -0.4 is 5.32 Å². The van der Waals surface area contributed by atoms with Gasteiger partial charge in [0.25, 0.3) is 0 Å². The van der Waals surface area contributed by atoms with Crippen molar-refractivity contribution in [3.05, 3.63) is 34.9 Å². The molecule has 0 saturated carbocycles. The molecule has 2 atom stereocenters. The van der Waals surface area contributed by atoms with E-state index in [4.69, 9.17) is 0 Å². The average Bonchev–Trinajstić information content (AvgIpc) is 2.54. The maximum atomic E-state index is 12.5. The van der Waals surface area contributed by atoms with Crippen molar-refractivity contribution in [3.63, 3.8) is 0 Å². The fourth-order valence-corrected chi connectivity index (χ4v) is 2.38. The molecule has 0 bridgehead atoms. The predicted molar refractivity (Wildman–Crippen MR) is 63.5 cm³/mol. The molecule has 0 saturated heterocycles. The summed E-state index contributed by atoms with van der Waals surface area (Å²) < 4.78 is 37.6. The lowest BCUT2D eigenvalue weighted by atomic mass is 10.0. The van der Waals surface area contributed by atoms with Crippen LogP contribution in [-0.4, -0.2) is 7.05 Å². The minimum atomic E-state index is -4.24. The molecule has 1 aliphatic rings. The zero-order valence-corrected chi connectivity index (χ0v) is 10.5. The zero-order valence-electron chi connectivity index (χ0n) is 9.64. The summed E-state index contributed by atoms with van der Waals surface area (Å²) in [6.07, 6.45) is -3.38. The summed E-state index contributed by atoms with van der Waals surface area (Å²) in [5.41, 5.74) is 1.28. The average molecular weight is 266 g/mol. The molecule has 1 aliphatic carbocycles. The highest BCUT2D eigenvalue weighted by Gasteiger charge is 2.34. The first-order valence-corrected chi connectivity index (χ1v) is 5.31. The van der Waals surface area contributed by atoms with Gasteiger partial charge in [-0.05, 0) is 42.6 Å². The van der Waals surface area contributed by atoms with Gasteiger partial charge in [-0.3, -0.25) is 0 Å². The van der Waals surface area contributed by atoms with E-state index < -0.39 is 11.7 Å². The molecule has 17 heavy (non-hydrogen) atoms. The molecule has 2 unspecified atom stereocenters. The van der Waals surface area contributed by atoms with Crippen LogP contribution in [0.5, 0.6) is 0 Å². The topological polar surface area (TPSA) is 12.0 Å². The Kier molecular flexibility index (Phi) is 4.10. The number of hydrogen-bond donors (Lipinski definition) is 1. The summed E-state index contributed by atoms with van der Waals surface area (Å²) >= 11 is 0. The molecular formula is C12H15ClF3N. The number of benzene rings is 1. The fraction of sp³-hybridized carbons (Fsp3) is 0.500. The summed E-state index contributed by atoms with van der Waals surface area (Å²) in [7, 11) is 1.84. The largest absolute Gasteiger partial charge is 0.416 e. The van der Waals surface area contributed by atoms with Crippen molar-refractivity contribution in [2.24, 2.45) is 0 Å². The number of alkyl halides is 3. The van der Waals surface area contributed by atoms with E-state index in [0.29, 0.717) is 0 Å². The van der Waals surface area contributed by atoms with Crippen LogP contribution in [0.4, 0.5) is 13.2 Å². The number of rotatable bonds is 1. The smallest absolute Gasteiger partial charge is 0.313 e. The molecule has 0 fully saturated rings. The summed E-state index contributed by atoms with van der Waals surface area (Å²) in [5, 5.41) is 3.13. The van der Waals surface area contributed by atoms with Crippen molar-refractivity contribution in [3.8, 4) is 0 Å². The molecule has 2 rings (SSSR count). The summed E-state index contributed by atoms with van der Waals surface area (Å²) in [5.74, 6) is 0.190. The van der Waals surface area contributed by atoms with E-state index in [2.05, 4.69) is 5.32 Å². The van der Waals surface area contributed by atoms with Gasteiger partial charge < -0.3 is 5.32 Å². The van der Waals surface area contributed by atoms with Gasteiger partial charge in [-0.15, -0.1) is 12.4 Å². The Morgan fingerprint density at radius 2 is 1.88 bits per heavy atom. The molecule has 0 heterocycles. The zero-order chi connectivity index (χ0) is 11.9. The summed E-state index contributed by atoms with van der Waals surface area (Å²) in [6, 6.07) is 4.24. The maximum Gasteiger partial charge on any atom is 0.416 e. The SMILES string of the molecule is CNC1CC(C)c2cc(C(F)(F)F)ccc21.Cl. The molecule has 0 amide bonds. The van der Waals surface area contributed by atoms with Crippen LogP contribution >= 0.6 is 12.4 Å². The third-order valence-corrected chi connectivity index (χ3v) is 3.26. The van der Waals surface area contributed by atoms with Crippen LogP contribution in [0.15, 0.2) is 18.2 Å². The molecule has 0 spiro atoms. The molecule has 5 heteroatoms. The first-order chi connectivity index (χ1) is 7.43. The Hall–Kier alpha value is -0.740. The van der Waals surface area contributed by atoms with E-state index in [1.807, 2.05) is 14.0 Å². The van der Waals surface area contributed by atoms with Crippen LogP contribution in [0.3, 0.4) is 0 Å². The Labute approximate surface area is 105 Å². The van der Waals surface area contributed by atoms with E-state index in [-0.39, 0.29) is 24.4 Å². The molecular weight excluding hydrogens is 251 g/mol. The Bertz CT molecular complexity index is 403. The van der Waals surface area contributed by atoms with E-state index in [1.165, 1.54) is 12.1 Å². The minimum absolute atomic E-state index is 0. The molecule has 1 aromatic carbocycles. The number of hydrogen-bond acceptors (Lipinski definition) is 1. The second-order valence-electron chi connectivity index (χ2n) is 4.32. The molecule has 0 aliphatic heterocycles. The van der Waals surface area contributed by atoms with Crippen LogP contribution in [0.25, 0.3) is 0 Å².